The molecular formula is C6H12CaNaO7+. The SMILES string of the molecule is O=C(O)CC(O)(CC(=O)O)C(=O)O.[Ca+2].[H+].[H-].[H-].[H-].[Na+]. The third-order valence-corrected chi connectivity index (χ3v) is 1.29. The minimum Gasteiger partial charge on any atom is -1.00 e. The van der Waals surface area contributed by atoms with Gasteiger partial charge in [-0.1, -0.05) is 0 Å². The summed E-state index contributed by atoms with van der Waals surface area (Å²) >= 11 is 0. The maximum absolute atomic E-state index is 10.3. The summed E-state index contributed by atoms with van der Waals surface area (Å²) in [6.45, 7) is 0. The predicted octanol–water partition coefficient (Wildman–Crippen LogP) is -4.18. The second-order valence-corrected chi connectivity index (χ2v) is 2.48. The van der Waals surface area contributed by atoms with Gasteiger partial charge in [0.1, 0.15) is 0 Å². The molecule has 4 N–H and O–H groups in total. The summed E-state index contributed by atoms with van der Waals surface area (Å²) in [6, 6.07) is 0. The van der Waals surface area contributed by atoms with E-state index < -0.39 is 36.4 Å². The number of carbonyl (C=O) groups is 3. The monoisotopic (exact) mass is 259 g/mol. The third kappa shape index (κ3) is 8.44. The molecule has 7 nitrogen and oxygen atoms in total. The van der Waals surface area contributed by atoms with E-state index in [1.807, 2.05) is 0 Å². The van der Waals surface area contributed by atoms with E-state index in [4.69, 9.17) is 20.4 Å². The zero-order chi connectivity index (χ0) is 10.6. The Morgan fingerprint density at radius 1 is 1.07 bits per heavy atom. The van der Waals surface area contributed by atoms with Crippen molar-refractivity contribution in [1.29, 1.82) is 0 Å². The zero-order valence-electron chi connectivity index (χ0n) is 12.1. The molecule has 0 atom stereocenters. The molecule has 0 aliphatic heterocycles. The Labute approximate surface area is 143 Å². The normalized spacial score (nSPS) is 9.40. The average Bonchev–Trinajstić information content (AvgIpc) is 1.82. The van der Waals surface area contributed by atoms with Crippen LogP contribution >= 0.6 is 0 Å². The van der Waals surface area contributed by atoms with E-state index in [2.05, 4.69) is 0 Å². The summed E-state index contributed by atoms with van der Waals surface area (Å²) in [5.74, 6) is -5.02. The molecule has 0 saturated heterocycles. The van der Waals surface area contributed by atoms with Gasteiger partial charge >= 0.3 is 86.6 Å². The molecule has 0 heterocycles. The number of aliphatic hydroxyl groups is 1. The molecule has 0 spiro atoms. The topological polar surface area (TPSA) is 132 Å². The number of carboxylic acid groups (broad SMARTS) is 3. The fourth-order valence-electron chi connectivity index (χ4n) is 0.714. The second kappa shape index (κ2) is 8.74. The van der Waals surface area contributed by atoms with E-state index in [1.54, 1.807) is 0 Å². The molecule has 0 radical (unpaired) electrons. The van der Waals surface area contributed by atoms with Gasteiger partial charge in [0.05, 0.1) is 12.8 Å². The summed E-state index contributed by atoms with van der Waals surface area (Å²) in [5.41, 5.74) is -2.74. The van der Waals surface area contributed by atoms with E-state index in [-0.39, 0.29) is 73.0 Å². The van der Waals surface area contributed by atoms with Gasteiger partial charge in [0.2, 0.25) is 0 Å². The Kier molecular flexibility index (Phi) is 12.2. The van der Waals surface area contributed by atoms with E-state index in [0.29, 0.717) is 0 Å². The van der Waals surface area contributed by atoms with E-state index in [0.717, 1.165) is 0 Å². The minimum absolute atomic E-state index is 0. The molecule has 15 heavy (non-hydrogen) atoms. The molecule has 0 aromatic rings. The van der Waals surface area contributed by atoms with E-state index in [9.17, 15) is 14.4 Å². The van der Waals surface area contributed by atoms with Crippen LogP contribution in [0.15, 0.2) is 0 Å². The molecule has 9 heteroatoms. The van der Waals surface area contributed by atoms with Crippen molar-refractivity contribution in [2.24, 2.45) is 0 Å². The minimum atomic E-state index is -2.74. The summed E-state index contributed by atoms with van der Waals surface area (Å²) in [7, 11) is 0. The molecule has 0 amide bonds. The summed E-state index contributed by atoms with van der Waals surface area (Å²) in [5, 5.41) is 33.8. The smallest absolute Gasteiger partial charge is 1.00 e. The average molecular weight is 259 g/mol. The molecule has 0 saturated carbocycles. The van der Waals surface area contributed by atoms with Crippen LogP contribution in [0.3, 0.4) is 0 Å². The molecule has 80 valence electrons. The zero-order valence-corrected chi connectivity index (χ0v) is 12.3. The molecular weight excluding hydrogens is 247 g/mol. The first kappa shape index (κ1) is 21.0. The van der Waals surface area contributed by atoms with Crippen molar-refractivity contribution in [3.05, 3.63) is 0 Å². The Balaban J connectivity index is -0.0000000480. The van der Waals surface area contributed by atoms with Crippen molar-refractivity contribution in [3.8, 4) is 0 Å². The van der Waals surface area contributed by atoms with Crippen LogP contribution in [0.25, 0.3) is 0 Å². The Morgan fingerprint density at radius 3 is 1.47 bits per heavy atom. The summed E-state index contributed by atoms with van der Waals surface area (Å²) < 4.78 is 0. The molecule has 0 aliphatic carbocycles. The van der Waals surface area contributed by atoms with Crippen LogP contribution < -0.4 is 29.6 Å². The first-order chi connectivity index (χ1) is 5.78. The van der Waals surface area contributed by atoms with Crippen LogP contribution in [0.5, 0.6) is 0 Å². The summed E-state index contributed by atoms with van der Waals surface area (Å²) in [6.07, 6.45) is -2.29. The van der Waals surface area contributed by atoms with Crippen molar-refractivity contribution in [2.75, 3.05) is 0 Å². The number of carboxylic acids is 3. The van der Waals surface area contributed by atoms with Crippen molar-refractivity contribution < 1.29 is 70.1 Å². The Hall–Kier alpha value is 0.630. The van der Waals surface area contributed by atoms with Crippen LogP contribution in [0, 0.1) is 0 Å². The number of aliphatic carboxylic acids is 3. The van der Waals surface area contributed by atoms with Gasteiger partial charge in [-0.2, -0.15) is 0 Å². The van der Waals surface area contributed by atoms with Crippen LogP contribution in [-0.4, -0.2) is 81.7 Å². The Bertz CT molecular complexity index is 252. The number of hydrogen-bond acceptors (Lipinski definition) is 4. The standard InChI is InChI=1S/C6H8O7.Ca.Na.3H/c7-3(8)1-6(13,5(11)12)2-4(9)10;;;;;/h13H,1-2H2,(H,7,8)(H,9,10)(H,11,12);;;;;/q;+2;+1;3*-1/p+1. The van der Waals surface area contributed by atoms with Crippen molar-refractivity contribution in [2.45, 2.75) is 18.4 Å². The van der Waals surface area contributed by atoms with E-state index >= 15 is 0 Å². The molecule has 0 rings (SSSR count). The van der Waals surface area contributed by atoms with Gasteiger partial charge in [-0.15, -0.1) is 0 Å². The van der Waals surface area contributed by atoms with Gasteiger partial charge in [-0.25, -0.2) is 4.79 Å². The molecule has 0 aromatic carbocycles. The number of hydrogen-bond donors (Lipinski definition) is 4. The van der Waals surface area contributed by atoms with Crippen LogP contribution in [0.2, 0.25) is 0 Å². The molecule has 0 fully saturated rings. The quantitative estimate of drug-likeness (QED) is 0.368. The van der Waals surface area contributed by atoms with Crippen molar-refractivity contribution in [1.82, 2.24) is 0 Å². The molecule has 0 aromatic heterocycles. The molecule has 0 unspecified atom stereocenters. The fraction of sp³-hybridized carbons (Fsp3) is 0.500. The van der Waals surface area contributed by atoms with Gasteiger partial charge in [0.15, 0.2) is 5.60 Å². The van der Waals surface area contributed by atoms with Crippen LogP contribution in [0.1, 0.15) is 18.5 Å². The van der Waals surface area contributed by atoms with Crippen molar-refractivity contribution in [3.63, 3.8) is 0 Å². The maximum Gasteiger partial charge on any atom is 2.00 e. The van der Waals surface area contributed by atoms with Gasteiger partial charge in [-0.3, -0.25) is 9.59 Å². The summed E-state index contributed by atoms with van der Waals surface area (Å²) in [4.78, 5) is 30.5. The molecule has 0 aliphatic rings. The van der Waals surface area contributed by atoms with Crippen LogP contribution in [0.4, 0.5) is 0 Å². The van der Waals surface area contributed by atoms with Gasteiger partial charge < -0.3 is 24.7 Å². The maximum atomic E-state index is 10.3. The predicted molar refractivity (Wildman–Crippen MR) is 47.3 cm³/mol. The number of rotatable bonds is 5. The first-order valence-electron chi connectivity index (χ1n) is 3.17. The van der Waals surface area contributed by atoms with Crippen LogP contribution in [-0.2, 0) is 14.4 Å². The largest absolute Gasteiger partial charge is 2.00 e. The second-order valence-electron chi connectivity index (χ2n) is 2.48. The van der Waals surface area contributed by atoms with Gasteiger partial charge in [0.25, 0.3) is 0 Å². The first-order valence-corrected chi connectivity index (χ1v) is 3.17. The van der Waals surface area contributed by atoms with Crippen molar-refractivity contribution >= 4 is 55.6 Å². The molecule has 0 bridgehead atoms. The van der Waals surface area contributed by atoms with Gasteiger partial charge in [-0.05, 0) is 0 Å². The van der Waals surface area contributed by atoms with E-state index in [1.165, 1.54) is 0 Å². The Morgan fingerprint density at radius 2 is 1.33 bits per heavy atom. The third-order valence-electron chi connectivity index (χ3n) is 1.29. The van der Waals surface area contributed by atoms with Gasteiger partial charge in [0, 0.05) is 0 Å². The fourth-order valence-corrected chi connectivity index (χ4v) is 0.714.